The molecule has 2 amide bonds. The van der Waals surface area contributed by atoms with Gasteiger partial charge in [0.05, 0.1) is 0 Å². The van der Waals surface area contributed by atoms with E-state index in [4.69, 9.17) is 10.2 Å². The third-order valence-electron chi connectivity index (χ3n) is 2.12. The minimum absolute atomic E-state index is 0.00487. The monoisotopic (exact) mass is 232 g/mol. The maximum Gasteiger partial charge on any atom is 0.326 e. The molecule has 6 nitrogen and oxygen atoms in total. The Morgan fingerprint density at radius 3 is 2.31 bits per heavy atom. The largest absolute Gasteiger partial charge is 0.480 e. The molecule has 16 heavy (non-hydrogen) atoms. The molecule has 0 spiro atoms. The second kappa shape index (κ2) is 7.92. The maximum atomic E-state index is 11.4. The Kier molecular flexibility index (Phi) is 7.28. The smallest absolute Gasteiger partial charge is 0.326 e. The number of urea groups is 1. The van der Waals surface area contributed by atoms with Crippen molar-refractivity contribution >= 4 is 12.0 Å². The topological polar surface area (TPSA) is 98.7 Å². The first-order valence-corrected chi connectivity index (χ1v) is 5.42. The fourth-order valence-corrected chi connectivity index (χ4v) is 1.32. The lowest BCUT2D eigenvalue weighted by Gasteiger charge is -2.17. The summed E-state index contributed by atoms with van der Waals surface area (Å²) < 4.78 is 0. The maximum absolute atomic E-state index is 11.4. The van der Waals surface area contributed by atoms with Crippen LogP contribution in [0.5, 0.6) is 0 Å². The molecular formula is C10H20N2O4. The molecule has 6 heteroatoms. The number of hydrogen-bond donors (Lipinski definition) is 4. The fraction of sp³-hybridized carbons (Fsp3) is 0.800. The van der Waals surface area contributed by atoms with E-state index >= 15 is 0 Å². The number of nitrogens with one attached hydrogen (secondary N) is 2. The van der Waals surface area contributed by atoms with E-state index in [1.54, 1.807) is 0 Å². The highest BCUT2D eigenvalue weighted by molar-refractivity contribution is 5.82. The van der Waals surface area contributed by atoms with Crippen molar-refractivity contribution in [1.29, 1.82) is 0 Å². The van der Waals surface area contributed by atoms with Crippen LogP contribution in [0.1, 0.15) is 33.1 Å². The van der Waals surface area contributed by atoms with Crippen molar-refractivity contribution in [3.8, 4) is 0 Å². The number of carbonyl (C=O) groups is 2. The SMILES string of the molecule is CCCC(C)NC(=O)NC(CCO)C(=O)O. The Balaban J connectivity index is 4.04. The van der Waals surface area contributed by atoms with Crippen LogP contribution in [0.15, 0.2) is 0 Å². The minimum atomic E-state index is -1.15. The van der Waals surface area contributed by atoms with Gasteiger partial charge in [0, 0.05) is 19.1 Å². The Bertz CT molecular complexity index is 233. The Hall–Kier alpha value is -1.30. The standard InChI is InChI=1S/C10H20N2O4/c1-3-4-7(2)11-10(16)12-8(5-6-13)9(14)15/h7-8,13H,3-6H2,1-2H3,(H,14,15)(H2,11,12,16). The molecule has 0 radical (unpaired) electrons. The van der Waals surface area contributed by atoms with Gasteiger partial charge in [0.1, 0.15) is 6.04 Å². The molecule has 0 rings (SSSR count). The molecular weight excluding hydrogens is 212 g/mol. The van der Waals surface area contributed by atoms with Crippen molar-refractivity contribution in [3.63, 3.8) is 0 Å². The van der Waals surface area contributed by atoms with Crippen LogP contribution in [-0.4, -0.2) is 40.9 Å². The summed E-state index contributed by atoms with van der Waals surface area (Å²) in [6.07, 6.45) is 1.79. The highest BCUT2D eigenvalue weighted by Gasteiger charge is 2.19. The lowest BCUT2D eigenvalue weighted by atomic mass is 10.2. The predicted octanol–water partition coefficient (Wildman–Crippen LogP) is 0.310. The lowest BCUT2D eigenvalue weighted by molar-refractivity contribution is -0.139. The van der Waals surface area contributed by atoms with Crippen LogP contribution >= 0.6 is 0 Å². The van der Waals surface area contributed by atoms with Crippen LogP contribution in [0.4, 0.5) is 4.79 Å². The van der Waals surface area contributed by atoms with Gasteiger partial charge in [-0.3, -0.25) is 0 Å². The molecule has 2 unspecified atom stereocenters. The van der Waals surface area contributed by atoms with Gasteiger partial charge in [0.15, 0.2) is 0 Å². The van der Waals surface area contributed by atoms with E-state index in [1.165, 1.54) is 0 Å². The van der Waals surface area contributed by atoms with Crippen LogP contribution in [0.2, 0.25) is 0 Å². The third-order valence-corrected chi connectivity index (χ3v) is 2.12. The zero-order valence-electron chi connectivity index (χ0n) is 9.69. The fourth-order valence-electron chi connectivity index (χ4n) is 1.32. The first-order valence-electron chi connectivity index (χ1n) is 5.42. The van der Waals surface area contributed by atoms with Crippen molar-refractivity contribution < 1.29 is 19.8 Å². The van der Waals surface area contributed by atoms with Gasteiger partial charge in [0.25, 0.3) is 0 Å². The number of carboxylic acids is 1. The number of carboxylic acid groups (broad SMARTS) is 1. The van der Waals surface area contributed by atoms with Gasteiger partial charge in [-0.25, -0.2) is 9.59 Å². The van der Waals surface area contributed by atoms with Gasteiger partial charge in [-0.05, 0) is 13.3 Å². The summed E-state index contributed by atoms with van der Waals surface area (Å²) in [6.45, 7) is 3.58. The zero-order valence-corrected chi connectivity index (χ0v) is 9.69. The molecule has 4 N–H and O–H groups in total. The van der Waals surface area contributed by atoms with Gasteiger partial charge < -0.3 is 20.8 Å². The minimum Gasteiger partial charge on any atom is -0.480 e. The number of carbonyl (C=O) groups excluding carboxylic acids is 1. The third kappa shape index (κ3) is 6.23. The Labute approximate surface area is 95.0 Å². The zero-order chi connectivity index (χ0) is 12.6. The number of hydrogen-bond acceptors (Lipinski definition) is 3. The van der Waals surface area contributed by atoms with E-state index in [1.807, 2.05) is 13.8 Å². The molecule has 2 atom stereocenters. The molecule has 0 fully saturated rings. The number of rotatable bonds is 7. The second-order valence-electron chi connectivity index (χ2n) is 3.71. The van der Waals surface area contributed by atoms with Crippen LogP contribution in [0.25, 0.3) is 0 Å². The van der Waals surface area contributed by atoms with Crippen LogP contribution in [-0.2, 0) is 4.79 Å². The van der Waals surface area contributed by atoms with Crippen molar-refractivity contribution in [3.05, 3.63) is 0 Å². The van der Waals surface area contributed by atoms with Gasteiger partial charge in [-0.2, -0.15) is 0 Å². The number of aliphatic hydroxyl groups is 1. The molecule has 0 aliphatic heterocycles. The molecule has 0 aromatic rings. The summed E-state index contributed by atoms with van der Waals surface area (Å²) in [6, 6.07) is -1.55. The first-order chi connectivity index (χ1) is 7.51. The number of aliphatic carboxylic acids is 1. The van der Waals surface area contributed by atoms with Crippen molar-refractivity contribution in [2.24, 2.45) is 0 Å². The quantitative estimate of drug-likeness (QED) is 0.507. The summed E-state index contributed by atoms with van der Waals surface area (Å²) in [5.74, 6) is -1.15. The van der Waals surface area contributed by atoms with Crippen molar-refractivity contribution in [2.75, 3.05) is 6.61 Å². The molecule has 0 heterocycles. The van der Waals surface area contributed by atoms with Crippen molar-refractivity contribution in [2.45, 2.75) is 45.2 Å². The second-order valence-corrected chi connectivity index (χ2v) is 3.71. The van der Waals surface area contributed by atoms with E-state index in [0.29, 0.717) is 0 Å². The van der Waals surface area contributed by atoms with Crippen molar-refractivity contribution in [1.82, 2.24) is 10.6 Å². The molecule has 0 saturated carbocycles. The molecule has 0 aromatic heterocycles. The van der Waals surface area contributed by atoms with Gasteiger partial charge in [-0.1, -0.05) is 13.3 Å². The molecule has 0 saturated heterocycles. The van der Waals surface area contributed by atoms with Crippen LogP contribution in [0, 0.1) is 0 Å². The normalized spacial score (nSPS) is 13.9. The molecule has 0 aliphatic rings. The van der Waals surface area contributed by atoms with Crippen LogP contribution < -0.4 is 10.6 Å². The lowest BCUT2D eigenvalue weighted by Crippen LogP contribution is -2.48. The predicted molar refractivity (Wildman–Crippen MR) is 59.2 cm³/mol. The summed E-state index contributed by atoms with van der Waals surface area (Å²) in [5, 5.41) is 22.3. The highest BCUT2D eigenvalue weighted by atomic mass is 16.4. The van der Waals surface area contributed by atoms with Gasteiger partial charge in [-0.15, -0.1) is 0 Å². The van der Waals surface area contributed by atoms with E-state index in [-0.39, 0.29) is 19.1 Å². The molecule has 0 aromatic carbocycles. The summed E-state index contributed by atoms with van der Waals surface area (Å²) >= 11 is 0. The van der Waals surface area contributed by atoms with Crippen LogP contribution in [0.3, 0.4) is 0 Å². The highest BCUT2D eigenvalue weighted by Crippen LogP contribution is 1.96. The van der Waals surface area contributed by atoms with E-state index < -0.39 is 18.0 Å². The summed E-state index contributed by atoms with van der Waals surface area (Å²) in [7, 11) is 0. The Morgan fingerprint density at radius 1 is 1.25 bits per heavy atom. The van der Waals surface area contributed by atoms with E-state index in [2.05, 4.69) is 10.6 Å². The number of aliphatic hydroxyl groups excluding tert-OH is 1. The average molecular weight is 232 g/mol. The van der Waals surface area contributed by atoms with E-state index in [9.17, 15) is 9.59 Å². The average Bonchev–Trinajstić information content (AvgIpc) is 2.16. The molecule has 0 bridgehead atoms. The Morgan fingerprint density at radius 2 is 1.88 bits per heavy atom. The van der Waals surface area contributed by atoms with Gasteiger partial charge in [0.2, 0.25) is 0 Å². The number of amides is 2. The van der Waals surface area contributed by atoms with Gasteiger partial charge >= 0.3 is 12.0 Å². The first kappa shape index (κ1) is 14.7. The summed E-state index contributed by atoms with van der Waals surface area (Å²) in [5.41, 5.74) is 0. The van der Waals surface area contributed by atoms with E-state index in [0.717, 1.165) is 12.8 Å². The molecule has 94 valence electrons. The molecule has 0 aliphatic carbocycles. The summed E-state index contributed by atoms with van der Waals surface area (Å²) in [4.78, 5) is 22.0.